The predicted octanol–water partition coefficient (Wildman–Crippen LogP) is 11.9. The number of aryl methyl sites for hydroxylation is 1. The number of carboxylic acid groups (broad SMARTS) is 1. The second-order valence-corrected chi connectivity index (χ2v) is 36.4. The first kappa shape index (κ1) is 125. The number of aldehydes is 1. The van der Waals surface area contributed by atoms with Crippen LogP contribution in [-0.4, -0.2) is 247 Å². The van der Waals surface area contributed by atoms with Crippen molar-refractivity contribution in [2.45, 2.75) is 222 Å². The Morgan fingerprint density at radius 1 is 0.415 bits per heavy atom. The van der Waals surface area contributed by atoms with E-state index < -0.39 is 98.3 Å². The van der Waals surface area contributed by atoms with Gasteiger partial charge in [-0.3, -0.25) is 14.4 Å². The number of halogens is 2. The number of benzene rings is 2. The van der Waals surface area contributed by atoms with Gasteiger partial charge < -0.3 is 134 Å². The molecular weight excluding hydrogens is 1870 g/mol. The van der Waals surface area contributed by atoms with E-state index in [1.54, 1.807) is 183 Å². The number of aliphatic carboxylic acids is 1. The van der Waals surface area contributed by atoms with E-state index in [4.69, 9.17) is 105 Å². The number of nitrogens with one attached hydrogen (secondary N) is 4. The van der Waals surface area contributed by atoms with Crippen LogP contribution in [0.2, 0.25) is 0 Å². The van der Waals surface area contributed by atoms with E-state index in [-0.39, 0.29) is 140 Å². The van der Waals surface area contributed by atoms with Crippen molar-refractivity contribution in [3.8, 4) is 58.1 Å². The van der Waals surface area contributed by atoms with Gasteiger partial charge in [-0.05, 0) is 194 Å². The maximum absolute atomic E-state index is 12.6. The van der Waals surface area contributed by atoms with Crippen LogP contribution in [0.4, 0.5) is 33.8 Å². The molecule has 47 nitrogen and oxygen atoms in total. The third kappa shape index (κ3) is 41.7. The molecule has 0 unspecified atom stereocenters. The Kier molecular flexibility index (Phi) is 48.1. The van der Waals surface area contributed by atoms with Crippen LogP contribution in [0.3, 0.4) is 0 Å². The number of aromatic nitrogens is 10. The van der Waals surface area contributed by atoms with Crippen LogP contribution < -0.4 is 85.8 Å². The average molecular weight is 2000 g/mol. The molecule has 2 aromatic carbocycles. The van der Waals surface area contributed by atoms with Gasteiger partial charge in [0.15, 0.2) is 51.9 Å². The summed E-state index contributed by atoms with van der Waals surface area (Å²) in [7, 11) is 20.0. The van der Waals surface area contributed by atoms with Gasteiger partial charge in [0.1, 0.15) is 45.9 Å². The smallest absolute Gasteiger partial charge is 0.408 e. The number of nitrogens with two attached hydrogens (primary N) is 3. The molecule has 0 saturated heterocycles. The molecular formula is C93H136F2N20O27. The van der Waals surface area contributed by atoms with Gasteiger partial charge in [-0.25, -0.2) is 57.5 Å². The van der Waals surface area contributed by atoms with Crippen LogP contribution in [0.15, 0.2) is 65.5 Å². The predicted molar refractivity (Wildman–Crippen MR) is 513 cm³/mol. The lowest BCUT2D eigenvalue weighted by atomic mass is 10.0. The number of ether oxygens (including phenoxy) is 16. The Labute approximate surface area is 824 Å². The van der Waals surface area contributed by atoms with Crippen molar-refractivity contribution in [2.75, 3.05) is 99.4 Å². The zero-order valence-electron chi connectivity index (χ0n) is 87.3. The Morgan fingerprint density at radius 2 is 0.690 bits per heavy atom. The Morgan fingerprint density at radius 3 is 0.951 bits per heavy atom. The van der Waals surface area contributed by atoms with Gasteiger partial charge >= 0.3 is 48.1 Å². The summed E-state index contributed by atoms with van der Waals surface area (Å²) in [4.78, 5) is 151. The average Bonchev–Trinajstić information content (AvgIpc) is 0.944. The number of methoxy groups -OCH3 is 12. The minimum absolute atomic E-state index is 0.00779. The largest absolute Gasteiger partial charge is 0.501 e. The second kappa shape index (κ2) is 54.8. The second-order valence-electron chi connectivity index (χ2n) is 36.4. The van der Waals surface area contributed by atoms with Crippen molar-refractivity contribution in [3.63, 3.8) is 0 Å². The maximum Gasteiger partial charge on any atom is 0.408 e. The molecule has 0 saturated carbocycles. The van der Waals surface area contributed by atoms with Crippen LogP contribution in [0.5, 0.6) is 58.1 Å². The number of oxime groups is 1. The number of amidine groups is 1. The minimum Gasteiger partial charge on any atom is -0.501 e. The molecule has 0 radical (unpaired) electrons. The molecule has 7 aromatic rings. The van der Waals surface area contributed by atoms with Crippen LogP contribution in [0.1, 0.15) is 236 Å². The molecule has 49 heteroatoms. The van der Waals surface area contributed by atoms with Crippen molar-refractivity contribution < 1.29 is 138 Å². The van der Waals surface area contributed by atoms with Crippen LogP contribution >= 0.6 is 0 Å². The van der Waals surface area contributed by atoms with E-state index >= 15 is 0 Å². The third-order valence-corrected chi connectivity index (χ3v) is 17.1. The molecule has 5 heterocycles. The van der Waals surface area contributed by atoms with Crippen molar-refractivity contribution in [1.82, 2.24) is 76.0 Å². The zero-order chi connectivity index (χ0) is 110. The lowest BCUT2D eigenvalue weighted by molar-refractivity contribution is -0.137. The highest BCUT2D eigenvalue weighted by molar-refractivity contribution is 5.98. The standard InChI is InChI=1S/C16H25N3O6.C15H25N5O5.C15H24N4O5.C15H22N4O4.C12H14FNO.C11H17N3O4.C9H9FO2/c1-15(2,3)25-14(21)19-16(4,5)13-17-9(12(20)24-8)10(22-6)11(18-13)23-7;1-14(2,3)25-13(21)19-15(4,5)12-17-8(10(16)20-22)9(23-6)11(18-12)24-7;1-14(2,3)24-13(21)19-15(4,5)12-17-8(10(16)20)9(22-6)11(18-12)23-7;1-14(2,3)23-13(20)19-15(4,5)12-17-10(16-6)9(21-7)11(18-12)22-8;1-14(2)8-11(9-15)7-10-3-5-12(13)6-4-10;1-11(2,12)10-13-6(9(15)18-5)7(16-3)8(14-10)17-4;10-8-4-1-7(2-5-8)3-6-9(11)12/h1-8H3,(H,19,21);22H,1-7H3,(H2,16,20)(H,19,21);1-7H3,(H2,16,20)(H,19,21);1-5,7-8H3,(H,19,20);3-6,8-9H,7H2,1-2H3;12H2,1-5H3;1-2,4-5H,3,6H2,(H,11,12)/b;;;;11-8-;;. The molecule has 0 aliphatic carbocycles. The molecule has 5 aromatic heterocycles. The lowest BCUT2D eigenvalue weighted by Gasteiger charge is -2.28. The summed E-state index contributed by atoms with van der Waals surface area (Å²) >= 11 is 0. The van der Waals surface area contributed by atoms with E-state index in [2.05, 4.69) is 85.8 Å². The van der Waals surface area contributed by atoms with Crippen LogP contribution in [0, 0.1) is 18.2 Å². The number of rotatable bonds is 30. The number of carboxylic acids is 1. The first-order valence-corrected chi connectivity index (χ1v) is 42.7. The maximum atomic E-state index is 12.6. The van der Waals surface area contributed by atoms with Crippen molar-refractivity contribution in [2.24, 2.45) is 22.4 Å². The molecule has 0 bridgehead atoms. The van der Waals surface area contributed by atoms with E-state index in [9.17, 15) is 51.9 Å². The number of allylic oxidation sites excluding steroid dienone is 1. The summed E-state index contributed by atoms with van der Waals surface area (Å²) in [6.45, 7) is 45.1. The van der Waals surface area contributed by atoms with Crippen LogP contribution in [0.25, 0.3) is 4.85 Å². The Balaban J connectivity index is 0.000000838. The number of hydrogen-bond donors (Lipinski definition) is 9. The highest BCUT2D eigenvalue weighted by Crippen LogP contribution is 2.39. The van der Waals surface area contributed by atoms with Gasteiger partial charge in [0.05, 0.1) is 107 Å². The zero-order valence-corrected chi connectivity index (χ0v) is 87.3. The van der Waals surface area contributed by atoms with Gasteiger partial charge in [0.2, 0.25) is 28.7 Å². The number of amides is 5. The van der Waals surface area contributed by atoms with E-state index in [0.717, 1.165) is 17.4 Å². The highest BCUT2D eigenvalue weighted by Gasteiger charge is 2.39. The number of carbonyl (C=O) groups excluding carboxylic acids is 8. The molecule has 7 rings (SSSR count). The summed E-state index contributed by atoms with van der Waals surface area (Å²) in [5.41, 5.74) is 11.6. The Bertz CT molecular complexity index is 5530. The van der Waals surface area contributed by atoms with Gasteiger partial charge in [-0.2, -0.15) is 24.9 Å². The molecule has 784 valence electrons. The lowest BCUT2D eigenvalue weighted by Crippen LogP contribution is -2.45. The fourth-order valence-corrected chi connectivity index (χ4v) is 10.7. The number of alkyl carbamates (subject to hydrolysis) is 4. The molecule has 0 atom stereocenters. The molecule has 142 heavy (non-hydrogen) atoms. The molecule has 5 amide bonds. The SMILES string of the molecule is CN(C)/C=C(\C=O)Cc1ccc(F)cc1.COC(=O)c1nc(C(C)(C)N)nc(OC)c1OC.COC(=O)c1nc(C(C)(C)NC(=O)OC(C)(C)C)nc(OC)c1OC.COc1nc(C(C)(C)NC(=O)OC(C)(C)C)nc(/C(N)=N/O)c1OC.COc1nc(C(C)(C)NC(=O)OC(C)(C)C)nc(C(N)=O)c1OC.O=C(O)CCc1ccc(F)cc1.[C-]#[N+]c1nc(C(C)(C)NC(=O)OC(C)(C)C)nc(OC)c1OC. The van der Waals surface area contributed by atoms with E-state index in [1.165, 1.54) is 110 Å². The summed E-state index contributed by atoms with van der Waals surface area (Å²) in [6, 6.07) is 12.0. The topological polar surface area (TPSA) is 617 Å². The van der Waals surface area contributed by atoms with Crippen LogP contribution in [-0.2, 0) is 78.5 Å². The summed E-state index contributed by atoms with van der Waals surface area (Å²) in [5.74, 6) is -2.04. The summed E-state index contributed by atoms with van der Waals surface area (Å²) in [6.07, 6.45) is 1.12. The summed E-state index contributed by atoms with van der Waals surface area (Å²) < 4.78 is 107. The number of hydrogen-bond acceptors (Lipinski definition) is 39. The van der Waals surface area contributed by atoms with Gasteiger partial charge in [0.25, 0.3) is 41.1 Å². The molecule has 0 fully saturated rings. The van der Waals surface area contributed by atoms with Gasteiger partial charge in [-0.1, -0.05) is 41.0 Å². The number of nitrogens with zero attached hydrogens (tertiary/aromatic N) is 13. The number of carbonyl (C=O) groups is 9. The summed E-state index contributed by atoms with van der Waals surface area (Å²) in [5, 5.41) is 30.9. The molecule has 12 N–H and O–H groups in total. The molecule has 0 aliphatic heterocycles. The van der Waals surface area contributed by atoms with Gasteiger partial charge in [0, 0.05) is 38.7 Å². The monoisotopic (exact) mass is 2000 g/mol. The number of primary amides is 1. The third-order valence-electron chi connectivity index (χ3n) is 17.1. The van der Waals surface area contributed by atoms with Crippen molar-refractivity contribution >= 4 is 66.1 Å². The fourth-order valence-electron chi connectivity index (χ4n) is 10.7. The molecule has 0 spiro atoms. The van der Waals surface area contributed by atoms with E-state index in [1.807, 2.05) is 19.0 Å². The first-order valence-electron chi connectivity index (χ1n) is 42.7. The normalized spacial score (nSPS) is 11.5. The van der Waals surface area contributed by atoms with Gasteiger partial charge in [-0.15, -0.1) is 0 Å². The van der Waals surface area contributed by atoms with Crippen molar-refractivity contribution in [1.29, 1.82) is 0 Å². The first-order chi connectivity index (χ1) is 65.5. The van der Waals surface area contributed by atoms with E-state index in [0.29, 0.717) is 18.4 Å². The minimum atomic E-state index is -1.05. The fraction of sp³-hybridized carbons (Fsp3) is 0.516. The quantitative estimate of drug-likeness (QED) is 0.00232. The highest BCUT2D eigenvalue weighted by atomic mass is 19.1. The number of esters is 2. The molecule has 0 aliphatic rings. The van der Waals surface area contributed by atoms with Crippen molar-refractivity contribution in [3.05, 3.63) is 146 Å². The Hall–Kier alpha value is -15.4.